The maximum Gasteiger partial charge on any atom is 0.242 e. The SMILES string of the molecule is CCCN(C)S(=O)(=O)c1ccc(N)c(Cl)c1. The summed E-state index contributed by atoms with van der Waals surface area (Å²) in [5.41, 5.74) is 5.90. The Kier molecular flexibility index (Phi) is 4.18. The molecule has 90 valence electrons. The van der Waals surface area contributed by atoms with Crippen LogP contribution in [0.25, 0.3) is 0 Å². The number of hydrogen-bond acceptors (Lipinski definition) is 3. The van der Waals surface area contributed by atoms with Gasteiger partial charge in [0.1, 0.15) is 0 Å². The summed E-state index contributed by atoms with van der Waals surface area (Å²) in [4.78, 5) is 0.169. The molecule has 0 saturated carbocycles. The molecule has 0 aliphatic heterocycles. The summed E-state index contributed by atoms with van der Waals surface area (Å²) in [6.45, 7) is 2.40. The van der Waals surface area contributed by atoms with Crippen LogP contribution in [0.2, 0.25) is 5.02 Å². The third-order valence-electron chi connectivity index (χ3n) is 2.22. The summed E-state index contributed by atoms with van der Waals surface area (Å²) in [5.74, 6) is 0. The fourth-order valence-electron chi connectivity index (χ4n) is 1.28. The van der Waals surface area contributed by atoms with Crippen molar-refractivity contribution in [2.45, 2.75) is 18.2 Å². The Morgan fingerprint density at radius 3 is 2.56 bits per heavy atom. The van der Waals surface area contributed by atoms with Gasteiger partial charge in [0, 0.05) is 13.6 Å². The molecule has 1 rings (SSSR count). The number of sulfonamides is 1. The smallest absolute Gasteiger partial charge is 0.242 e. The van der Waals surface area contributed by atoms with Gasteiger partial charge in [-0.15, -0.1) is 0 Å². The second kappa shape index (κ2) is 5.03. The van der Waals surface area contributed by atoms with E-state index in [4.69, 9.17) is 17.3 Å². The van der Waals surface area contributed by atoms with Crippen molar-refractivity contribution in [1.82, 2.24) is 4.31 Å². The molecule has 0 fully saturated rings. The first kappa shape index (κ1) is 13.3. The molecule has 6 heteroatoms. The minimum absolute atomic E-state index is 0.169. The van der Waals surface area contributed by atoms with Gasteiger partial charge in [-0.05, 0) is 24.6 Å². The number of anilines is 1. The van der Waals surface area contributed by atoms with Crippen molar-refractivity contribution in [3.8, 4) is 0 Å². The van der Waals surface area contributed by atoms with Crippen LogP contribution in [0.15, 0.2) is 23.1 Å². The van der Waals surface area contributed by atoms with Crippen molar-refractivity contribution in [2.24, 2.45) is 0 Å². The van der Waals surface area contributed by atoms with E-state index in [2.05, 4.69) is 0 Å². The molecule has 0 unspecified atom stereocenters. The molecule has 0 amide bonds. The number of halogens is 1. The van der Waals surface area contributed by atoms with Crippen LogP contribution in [0.4, 0.5) is 5.69 Å². The van der Waals surface area contributed by atoms with E-state index in [0.29, 0.717) is 12.2 Å². The van der Waals surface area contributed by atoms with Gasteiger partial charge in [-0.3, -0.25) is 0 Å². The molecule has 0 atom stereocenters. The van der Waals surface area contributed by atoms with Crippen molar-refractivity contribution >= 4 is 27.3 Å². The summed E-state index contributed by atoms with van der Waals surface area (Å²) in [5, 5.41) is 0.256. The van der Waals surface area contributed by atoms with E-state index in [0.717, 1.165) is 6.42 Å². The first-order valence-corrected chi connectivity index (χ1v) is 6.72. The van der Waals surface area contributed by atoms with E-state index in [1.807, 2.05) is 6.92 Å². The lowest BCUT2D eigenvalue weighted by Gasteiger charge is -2.16. The van der Waals surface area contributed by atoms with Crippen molar-refractivity contribution in [3.63, 3.8) is 0 Å². The highest BCUT2D eigenvalue weighted by molar-refractivity contribution is 7.89. The second-order valence-electron chi connectivity index (χ2n) is 3.51. The van der Waals surface area contributed by atoms with Gasteiger partial charge < -0.3 is 5.73 Å². The highest BCUT2D eigenvalue weighted by atomic mass is 35.5. The molecule has 0 saturated heterocycles. The Balaban J connectivity index is 3.12. The Morgan fingerprint density at radius 2 is 2.06 bits per heavy atom. The molecule has 16 heavy (non-hydrogen) atoms. The predicted octanol–water partition coefficient (Wildman–Crippen LogP) is 1.95. The monoisotopic (exact) mass is 262 g/mol. The number of benzene rings is 1. The highest BCUT2D eigenvalue weighted by Gasteiger charge is 2.20. The normalized spacial score (nSPS) is 12.0. The summed E-state index contributed by atoms with van der Waals surface area (Å²) in [6.07, 6.45) is 0.762. The Bertz CT molecular complexity index is 474. The van der Waals surface area contributed by atoms with Crippen LogP contribution in [0, 0.1) is 0 Å². The summed E-state index contributed by atoms with van der Waals surface area (Å²) in [6, 6.07) is 4.33. The van der Waals surface area contributed by atoms with E-state index >= 15 is 0 Å². The Hall–Kier alpha value is -0.780. The highest BCUT2D eigenvalue weighted by Crippen LogP contribution is 2.24. The van der Waals surface area contributed by atoms with Crippen LogP contribution < -0.4 is 5.73 Å². The quantitative estimate of drug-likeness (QED) is 0.844. The Labute approximate surface area is 101 Å². The molecule has 1 aromatic carbocycles. The lowest BCUT2D eigenvalue weighted by molar-refractivity contribution is 0.468. The number of nitrogen functional groups attached to an aromatic ring is 1. The van der Waals surface area contributed by atoms with Crippen molar-refractivity contribution in [1.29, 1.82) is 0 Å². The first-order chi connectivity index (χ1) is 7.39. The molecular weight excluding hydrogens is 248 g/mol. The fraction of sp³-hybridized carbons (Fsp3) is 0.400. The van der Waals surface area contributed by atoms with Gasteiger partial charge >= 0.3 is 0 Å². The molecule has 4 nitrogen and oxygen atoms in total. The number of nitrogens with two attached hydrogens (primary N) is 1. The van der Waals surface area contributed by atoms with Crippen LogP contribution in [0.5, 0.6) is 0 Å². The van der Waals surface area contributed by atoms with E-state index in [9.17, 15) is 8.42 Å². The van der Waals surface area contributed by atoms with Crippen LogP contribution in [0.3, 0.4) is 0 Å². The van der Waals surface area contributed by atoms with Gasteiger partial charge in [0.25, 0.3) is 0 Å². The molecule has 0 spiro atoms. The fourth-order valence-corrected chi connectivity index (χ4v) is 2.82. The zero-order valence-corrected chi connectivity index (χ0v) is 10.8. The Morgan fingerprint density at radius 1 is 1.44 bits per heavy atom. The predicted molar refractivity (Wildman–Crippen MR) is 66.0 cm³/mol. The molecule has 1 aromatic rings. The van der Waals surface area contributed by atoms with Crippen molar-refractivity contribution in [2.75, 3.05) is 19.3 Å². The largest absolute Gasteiger partial charge is 0.398 e. The number of hydrogen-bond donors (Lipinski definition) is 1. The van der Waals surface area contributed by atoms with Gasteiger partial charge in [0.2, 0.25) is 10.0 Å². The molecule has 0 aromatic heterocycles. The van der Waals surface area contributed by atoms with E-state index in [-0.39, 0.29) is 9.92 Å². The van der Waals surface area contributed by atoms with E-state index in [1.165, 1.54) is 22.5 Å². The topological polar surface area (TPSA) is 63.4 Å². The number of nitrogens with zero attached hydrogens (tertiary/aromatic N) is 1. The van der Waals surface area contributed by atoms with Crippen LogP contribution in [0.1, 0.15) is 13.3 Å². The molecule has 0 aliphatic carbocycles. The summed E-state index contributed by atoms with van der Waals surface area (Å²) >= 11 is 5.79. The maximum atomic E-state index is 12.0. The van der Waals surface area contributed by atoms with Gasteiger partial charge in [-0.2, -0.15) is 0 Å². The molecule has 0 heterocycles. The van der Waals surface area contributed by atoms with Gasteiger partial charge in [-0.25, -0.2) is 12.7 Å². The molecule has 2 N–H and O–H groups in total. The van der Waals surface area contributed by atoms with Crippen LogP contribution in [-0.4, -0.2) is 26.3 Å². The maximum absolute atomic E-state index is 12.0. The molecular formula is C10H15ClN2O2S. The minimum Gasteiger partial charge on any atom is -0.398 e. The molecule has 0 aliphatic rings. The number of rotatable bonds is 4. The summed E-state index contributed by atoms with van der Waals surface area (Å²) < 4.78 is 25.3. The third-order valence-corrected chi connectivity index (χ3v) is 4.40. The zero-order valence-electron chi connectivity index (χ0n) is 9.27. The first-order valence-electron chi connectivity index (χ1n) is 4.91. The minimum atomic E-state index is -3.45. The van der Waals surface area contributed by atoms with Crippen LogP contribution in [-0.2, 0) is 10.0 Å². The van der Waals surface area contributed by atoms with Gasteiger partial charge in [-0.1, -0.05) is 18.5 Å². The molecule has 0 bridgehead atoms. The van der Waals surface area contributed by atoms with Crippen molar-refractivity contribution in [3.05, 3.63) is 23.2 Å². The second-order valence-corrected chi connectivity index (χ2v) is 5.96. The third kappa shape index (κ3) is 2.66. The van der Waals surface area contributed by atoms with Gasteiger partial charge in [0.15, 0.2) is 0 Å². The van der Waals surface area contributed by atoms with Crippen LogP contribution >= 0.6 is 11.6 Å². The average Bonchev–Trinajstić information content (AvgIpc) is 2.22. The van der Waals surface area contributed by atoms with E-state index < -0.39 is 10.0 Å². The standard InChI is InChI=1S/C10H15ClN2O2S/c1-3-6-13(2)16(14,15)8-4-5-10(12)9(11)7-8/h4-5,7H,3,6,12H2,1-2H3. The average molecular weight is 263 g/mol. The van der Waals surface area contributed by atoms with Gasteiger partial charge in [0.05, 0.1) is 15.6 Å². The zero-order chi connectivity index (χ0) is 12.3. The lowest BCUT2D eigenvalue weighted by Crippen LogP contribution is -2.27. The van der Waals surface area contributed by atoms with E-state index in [1.54, 1.807) is 7.05 Å². The van der Waals surface area contributed by atoms with Crippen molar-refractivity contribution < 1.29 is 8.42 Å². The lowest BCUT2D eigenvalue weighted by atomic mass is 10.3. The molecule has 0 radical (unpaired) electrons. The summed E-state index contributed by atoms with van der Waals surface area (Å²) in [7, 11) is -1.90.